The molecule has 2 heteroatoms. The Hall–Kier alpha value is -3.70. The van der Waals surface area contributed by atoms with Crippen molar-refractivity contribution in [1.82, 2.24) is 4.98 Å². The molecule has 0 aliphatic heterocycles. The first-order valence-corrected chi connectivity index (χ1v) is 8.47. The van der Waals surface area contributed by atoms with Gasteiger partial charge in [0.25, 0.3) is 0 Å². The van der Waals surface area contributed by atoms with Crippen molar-refractivity contribution in [3.63, 3.8) is 0 Å². The number of pyridine rings is 1. The van der Waals surface area contributed by atoms with Crippen LogP contribution >= 0.6 is 0 Å². The SMILES string of the molecule is N#Cc1cc(-c2ccccn2)cc(-c2ccccc2)c1-c1ccccc1. The van der Waals surface area contributed by atoms with Crippen molar-refractivity contribution >= 4 is 0 Å². The highest BCUT2D eigenvalue weighted by molar-refractivity contribution is 5.90. The van der Waals surface area contributed by atoms with Crippen LogP contribution in [0.5, 0.6) is 0 Å². The van der Waals surface area contributed by atoms with Crippen LogP contribution in [0.15, 0.2) is 97.2 Å². The molecule has 0 unspecified atom stereocenters. The van der Waals surface area contributed by atoms with Crippen LogP contribution in [0.1, 0.15) is 5.56 Å². The first-order chi connectivity index (χ1) is 12.9. The predicted octanol–water partition coefficient (Wildman–Crippen LogP) is 5.95. The zero-order valence-corrected chi connectivity index (χ0v) is 14.1. The van der Waals surface area contributed by atoms with Gasteiger partial charge in [-0.1, -0.05) is 66.7 Å². The monoisotopic (exact) mass is 332 g/mol. The summed E-state index contributed by atoms with van der Waals surface area (Å²) in [4.78, 5) is 4.45. The molecule has 26 heavy (non-hydrogen) atoms. The van der Waals surface area contributed by atoms with Crippen molar-refractivity contribution in [1.29, 1.82) is 5.26 Å². The Morgan fingerprint density at radius 1 is 0.654 bits per heavy atom. The molecule has 122 valence electrons. The van der Waals surface area contributed by atoms with Crippen LogP contribution in [0.3, 0.4) is 0 Å². The fraction of sp³-hybridized carbons (Fsp3) is 0. The molecule has 2 nitrogen and oxygen atoms in total. The number of hydrogen-bond acceptors (Lipinski definition) is 2. The summed E-state index contributed by atoms with van der Waals surface area (Å²) < 4.78 is 0. The van der Waals surface area contributed by atoms with Gasteiger partial charge in [0.15, 0.2) is 0 Å². The molecule has 0 atom stereocenters. The van der Waals surface area contributed by atoms with E-state index in [0.717, 1.165) is 33.5 Å². The van der Waals surface area contributed by atoms with Crippen molar-refractivity contribution in [3.8, 4) is 39.6 Å². The highest BCUT2D eigenvalue weighted by atomic mass is 14.7. The Morgan fingerprint density at radius 2 is 1.31 bits per heavy atom. The Kier molecular flexibility index (Phi) is 4.28. The second kappa shape index (κ2) is 7.04. The van der Waals surface area contributed by atoms with Crippen LogP contribution in [0, 0.1) is 11.3 Å². The number of nitriles is 1. The van der Waals surface area contributed by atoms with Gasteiger partial charge in [-0.05, 0) is 41.0 Å². The fourth-order valence-corrected chi connectivity index (χ4v) is 3.17. The molecule has 4 aromatic rings. The van der Waals surface area contributed by atoms with Crippen LogP contribution in [-0.2, 0) is 0 Å². The van der Waals surface area contributed by atoms with Gasteiger partial charge < -0.3 is 0 Å². The van der Waals surface area contributed by atoms with E-state index in [1.807, 2.05) is 72.8 Å². The highest BCUT2D eigenvalue weighted by Crippen LogP contribution is 2.38. The van der Waals surface area contributed by atoms with E-state index in [-0.39, 0.29) is 0 Å². The summed E-state index contributed by atoms with van der Waals surface area (Å²) in [6.07, 6.45) is 1.77. The van der Waals surface area contributed by atoms with Gasteiger partial charge >= 0.3 is 0 Å². The first kappa shape index (κ1) is 15.8. The number of nitrogens with zero attached hydrogens (tertiary/aromatic N) is 2. The van der Waals surface area contributed by atoms with E-state index >= 15 is 0 Å². The topological polar surface area (TPSA) is 36.7 Å². The normalized spacial score (nSPS) is 10.3. The largest absolute Gasteiger partial charge is 0.256 e. The number of benzene rings is 3. The van der Waals surface area contributed by atoms with Crippen molar-refractivity contribution in [2.45, 2.75) is 0 Å². The Balaban J connectivity index is 2.04. The van der Waals surface area contributed by atoms with Crippen LogP contribution in [-0.4, -0.2) is 4.98 Å². The zero-order chi connectivity index (χ0) is 17.8. The standard InChI is InChI=1S/C24H16N2/c25-17-21-15-20(23-13-7-8-14-26-23)16-22(18-9-3-1-4-10-18)24(21)19-11-5-2-6-12-19/h1-16H. The molecule has 0 saturated carbocycles. The summed E-state index contributed by atoms with van der Waals surface area (Å²) in [6, 6.07) is 32.5. The van der Waals surface area contributed by atoms with Crippen LogP contribution in [0.4, 0.5) is 0 Å². The Morgan fingerprint density at radius 3 is 1.92 bits per heavy atom. The van der Waals surface area contributed by atoms with E-state index in [1.165, 1.54) is 0 Å². The van der Waals surface area contributed by atoms with Crippen molar-refractivity contribution in [2.24, 2.45) is 0 Å². The summed E-state index contributed by atoms with van der Waals surface area (Å²) in [5, 5.41) is 9.85. The quantitative estimate of drug-likeness (QED) is 0.464. The molecule has 0 saturated heterocycles. The molecule has 1 aromatic heterocycles. The van der Waals surface area contributed by atoms with E-state index in [9.17, 15) is 5.26 Å². The molecule has 0 N–H and O–H groups in total. The van der Waals surface area contributed by atoms with Gasteiger partial charge in [-0.3, -0.25) is 4.98 Å². The highest BCUT2D eigenvalue weighted by Gasteiger charge is 2.15. The lowest BCUT2D eigenvalue weighted by atomic mass is 9.88. The van der Waals surface area contributed by atoms with Crippen molar-refractivity contribution < 1.29 is 0 Å². The van der Waals surface area contributed by atoms with Crippen LogP contribution < -0.4 is 0 Å². The maximum Gasteiger partial charge on any atom is 0.0998 e. The molecule has 3 aromatic carbocycles. The molecule has 0 amide bonds. The average Bonchev–Trinajstić information content (AvgIpc) is 2.74. The lowest BCUT2D eigenvalue weighted by molar-refractivity contribution is 1.32. The average molecular weight is 332 g/mol. The lowest BCUT2D eigenvalue weighted by Crippen LogP contribution is -1.93. The zero-order valence-electron chi connectivity index (χ0n) is 14.1. The number of aromatic nitrogens is 1. The van der Waals surface area contributed by atoms with Gasteiger partial charge in [0.2, 0.25) is 0 Å². The summed E-state index contributed by atoms with van der Waals surface area (Å²) >= 11 is 0. The molecule has 1 heterocycles. The van der Waals surface area contributed by atoms with Crippen LogP contribution in [0.25, 0.3) is 33.5 Å². The third kappa shape index (κ3) is 2.99. The molecular weight excluding hydrogens is 316 g/mol. The van der Waals surface area contributed by atoms with Gasteiger partial charge in [-0.15, -0.1) is 0 Å². The second-order valence-corrected chi connectivity index (χ2v) is 6.01. The summed E-state index contributed by atoms with van der Waals surface area (Å²) in [6.45, 7) is 0. The molecule has 0 bridgehead atoms. The fourth-order valence-electron chi connectivity index (χ4n) is 3.17. The molecule has 0 radical (unpaired) electrons. The van der Waals surface area contributed by atoms with E-state index < -0.39 is 0 Å². The van der Waals surface area contributed by atoms with E-state index in [2.05, 4.69) is 29.3 Å². The minimum Gasteiger partial charge on any atom is -0.256 e. The minimum absolute atomic E-state index is 0.651. The third-order valence-corrected chi connectivity index (χ3v) is 4.37. The smallest absolute Gasteiger partial charge is 0.0998 e. The van der Waals surface area contributed by atoms with Crippen LogP contribution in [0.2, 0.25) is 0 Å². The maximum absolute atomic E-state index is 9.85. The van der Waals surface area contributed by atoms with Gasteiger partial charge in [-0.25, -0.2) is 0 Å². The molecule has 4 rings (SSSR count). The van der Waals surface area contributed by atoms with Crippen molar-refractivity contribution in [3.05, 3.63) is 103 Å². The first-order valence-electron chi connectivity index (χ1n) is 8.47. The molecular formula is C24H16N2. The summed E-state index contributed by atoms with van der Waals surface area (Å²) in [7, 11) is 0. The molecule has 0 fully saturated rings. The minimum atomic E-state index is 0.651. The lowest BCUT2D eigenvalue weighted by Gasteiger charge is -2.15. The summed E-state index contributed by atoms with van der Waals surface area (Å²) in [5.41, 5.74) is 6.58. The van der Waals surface area contributed by atoms with Crippen molar-refractivity contribution in [2.75, 3.05) is 0 Å². The van der Waals surface area contributed by atoms with E-state index in [0.29, 0.717) is 5.56 Å². The maximum atomic E-state index is 9.85. The predicted molar refractivity (Wildman–Crippen MR) is 105 cm³/mol. The van der Waals surface area contributed by atoms with Gasteiger partial charge in [0.05, 0.1) is 17.3 Å². The molecule has 0 aliphatic carbocycles. The Labute approximate surface area is 153 Å². The second-order valence-electron chi connectivity index (χ2n) is 6.01. The molecule has 0 aliphatic rings. The van der Waals surface area contributed by atoms with Gasteiger partial charge in [-0.2, -0.15) is 5.26 Å². The number of rotatable bonds is 3. The summed E-state index contributed by atoms with van der Waals surface area (Å²) in [5.74, 6) is 0. The van der Waals surface area contributed by atoms with E-state index in [4.69, 9.17) is 0 Å². The molecule has 0 spiro atoms. The van der Waals surface area contributed by atoms with Gasteiger partial charge in [0, 0.05) is 17.3 Å². The van der Waals surface area contributed by atoms with Gasteiger partial charge in [0.1, 0.15) is 0 Å². The third-order valence-electron chi connectivity index (χ3n) is 4.37. The number of hydrogen-bond donors (Lipinski definition) is 0. The van der Waals surface area contributed by atoms with E-state index in [1.54, 1.807) is 6.20 Å². The Bertz CT molecular complexity index is 1060.